The molecule has 0 saturated heterocycles. The zero-order valence-electron chi connectivity index (χ0n) is 12.2. The van der Waals surface area contributed by atoms with Gasteiger partial charge in [-0.3, -0.25) is 0 Å². The van der Waals surface area contributed by atoms with Gasteiger partial charge in [0.25, 0.3) is 0 Å². The van der Waals surface area contributed by atoms with Crippen LogP contribution in [0.4, 0.5) is 11.4 Å². The first kappa shape index (κ1) is 15.8. The average molecular weight is 325 g/mol. The van der Waals surface area contributed by atoms with Crippen LogP contribution in [0.5, 0.6) is 0 Å². The summed E-state index contributed by atoms with van der Waals surface area (Å²) in [7, 11) is -0.194. The number of anilines is 2. The van der Waals surface area contributed by atoms with Crippen LogP contribution in [0.1, 0.15) is 17.8 Å². The van der Waals surface area contributed by atoms with Crippen molar-refractivity contribution in [3.05, 3.63) is 40.6 Å². The minimum atomic E-state index is -3.53. The molecule has 1 aromatic heterocycles. The summed E-state index contributed by atoms with van der Waals surface area (Å²) in [4.78, 5) is 3.41. The van der Waals surface area contributed by atoms with Gasteiger partial charge in [0.05, 0.1) is 11.7 Å². The van der Waals surface area contributed by atoms with Gasteiger partial charge in [-0.25, -0.2) is 13.1 Å². The van der Waals surface area contributed by atoms with Crippen LogP contribution in [0.2, 0.25) is 0 Å². The van der Waals surface area contributed by atoms with Gasteiger partial charge in [-0.05, 0) is 43.6 Å². The van der Waals surface area contributed by atoms with Gasteiger partial charge in [0.15, 0.2) is 0 Å². The molecule has 0 spiro atoms. The molecule has 0 aliphatic heterocycles. The van der Waals surface area contributed by atoms with Gasteiger partial charge in [0.1, 0.15) is 4.90 Å². The Labute approximate surface area is 129 Å². The monoisotopic (exact) mass is 325 g/mol. The van der Waals surface area contributed by atoms with Crippen LogP contribution in [0.3, 0.4) is 0 Å². The van der Waals surface area contributed by atoms with Crippen LogP contribution in [0.25, 0.3) is 0 Å². The Kier molecular flexibility index (Phi) is 4.55. The summed E-state index contributed by atoms with van der Waals surface area (Å²) in [6.07, 6.45) is 0. The van der Waals surface area contributed by atoms with Crippen molar-refractivity contribution in [2.24, 2.45) is 0 Å². The quantitative estimate of drug-likeness (QED) is 0.828. The van der Waals surface area contributed by atoms with E-state index in [1.54, 1.807) is 23.5 Å². The molecule has 0 radical (unpaired) electrons. The molecule has 5 nitrogen and oxygen atoms in total. The van der Waals surface area contributed by atoms with E-state index in [2.05, 4.69) is 22.6 Å². The van der Waals surface area contributed by atoms with E-state index in [0.717, 1.165) is 5.69 Å². The molecule has 0 saturated carbocycles. The molecule has 0 aliphatic carbocycles. The van der Waals surface area contributed by atoms with E-state index >= 15 is 0 Å². The first-order valence-electron chi connectivity index (χ1n) is 6.46. The second kappa shape index (κ2) is 6.05. The summed E-state index contributed by atoms with van der Waals surface area (Å²) in [5.74, 6) is 0. The number of thiophene rings is 1. The second-order valence-electron chi connectivity index (χ2n) is 4.73. The molecule has 21 heavy (non-hydrogen) atoms. The first-order chi connectivity index (χ1) is 9.86. The van der Waals surface area contributed by atoms with Gasteiger partial charge in [-0.15, -0.1) is 11.3 Å². The summed E-state index contributed by atoms with van der Waals surface area (Å²) in [5.41, 5.74) is 7.02. The Morgan fingerprint density at radius 3 is 2.57 bits per heavy atom. The fraction of sp³-hybridized carbons (Fsp3) is 0.286. The van der Waals surface area contributed by atoms with Crippen LogP contribution < -0.4 is 15.4 Å². The van der Waals surface area contributed by atoms with Gasteiger partial charge in [-0.2, -0.15) is 0 Å². The van der Waals surface area contributed by atoms with E-state index in [4.69, 9.17) is 5.73 Å². The third-order valence-electron chi connectivity index (χ3n) is 3.49. The van der Waals surface area contributed by atoms with E-state index in [1.165, 1.54) is 18.0 Å². The highest BCUT2D eigenvalue weighted by Gasteiger charge is 2.18. The van der Waals surface area contributed by atoms with E-state index in [-0.39, 0.29) is 16.6 Å². The van der Waals surface area contributed by atoms with Crippen molar-refractivity contribution in [1.82, 2.24) is 4.72 Å². The highest BCUT2D eigenvalue weighted by Crippen LogP contribution is 2.31. The van der Waals surface area contributed by atoms with E-state index in [1.807, 2.05) is 18.5 Å². The molecular weight excluding hydrogens is 306 g/mol. The second-order valence-corrected chi connectivity index (χ2v) is 7.57. The smallest absolute Gasteiger partial charge is 0.242 e. The lowest BCUT2D eigenvalue weighted by atomic mass is 10.2. The van der Waals surface area contributed by atoms with E-state index in [0.29, 0.717) is 0 Å². The van der Waals surface area contributed by atoms with Crippen molar-refractivity contribution >= 4 is 32.7 Å². The Balaban J connectivity index is 2.32. The molecule has 0 fully saturated rings. The van der Waals surface area contributed by atoms with E-state index < -0.39 is 10.0 Å². The number of nitrogens with two attached hydrogens (primary N) is 1. The third-order valence-corrected chi connectivity index (χ3v) is 6.03. The lowest BCUT2D eigenvalue weighted by Crippen LogP contribution is -2.22. The number of nitrogens with zero attached hydrogens (tertiary/aromatic N) is 1. The molecule has 114 valence electrons. The molecule has 3 N–H and O–H groups in total. The normalized spacial score (nSPS) is 13.1. The predicted octanol–water partition coefficient (Wildman–Crippen LogP) is 2.44. The number of hydrogen-bond acceptors (Lipinski definition) is 5. The number of nitrogens with one attached hydrogen (secondary N) is 1. The molecule has 0 amide bonds. The Bertz CT molecular complexity index is 712. The van der Waals surface area contributed by atoms with Gasteiger partial charge in [0, 0.05) is 17.6 Å². The van der Waals surface area contributed by atoms with Crippen LogP contribution in [0.15, 0.2) is 40.6 Å². The molecule has 7 heteroatoms. The van der Waals surface area contributed by atoms with Crippen molar-refractivity contribution in [2.75, 3.05) is 24.7 Å². The summed E-state index contributed by atoms with van der Waals surface area (Å²) in [5, 5.41) is 2.04. The summed E-state index contributed by atoms with van der Waals surface area (Å²) in [6.45, 7) is 2.10. The molecular formula is C14H19N3O2S2. The largest absolute Gasteiger partial charge is 0.398 e. The summed E-state index contributed by atoms with van der Waals surface area (Å²) < 4.78 is 25.9. The van der Waals surface area contributed by atoms with Gasteiger partial charge in [-0.1, -0.05) is 6.07 Å². The molecule has 1 aromatic carbocycles. The maximum Gasteiger partial charge on any atom is 0.242 e. The number of nitrogen functional groups attached to an aromatic ring is 1. The Hall–Kier alpha value is -1.57. The van der Waals surface area contributed by atoms with Crippen LogP contribution >= 0.6 is 11.3 Å². The van der Waals surface area contributed by atoms with E-state index in [9.17, 15) is 8.42 Å². The number of sulfonamides is 1. The lowest BCUT2D eigenvalue weighted by Gasteiger charge is -2.26. The molecule has 0 bridgehead atoms. The lowest BCUT2D eigenvalue weighted by molar-refractivity contribution is 0.588. The molecule has 1 unspecified atom stereocenters. The van der Waals surface area contributed by atoms with Crippen molar-refractivity contribution in [3.8, 4) is 0 Å². The van der Waals surface area contributed by atoms with Crippen LogP contribution in [-0.2, 0) is 10.0 Å². The zero-order valence-corrected chi connectivity index (χ0v) is 13.8. The first-order valence-corrected chi connectivity index (χ1v) is 8.82. The Morgan fingerprint density at radius 1 is 1.33 bits per heavy atom. The van der Waals surface area contributed by atoms with Crippen molar-refractivity contribution < 1.29 is 8.42 Å². The van der Waals surface area contributed by atoms with Crippen molar-refractivity contribution in [3.63, 3.8) is 0 Å². The third kappa shape index (κ3) is 3.20. The molecule has 2 aromatic rings. The highest BCUT2D eigenvalue weighted by atomic mass is 32.2. The Morgan fingerprint density at radius 2 is 2.05 bits per heavy atom. The summed E-state index contributed by atoms with van der Waals surface area (Å²) >= 11 is 1.69. The van der Waals surface area contributed by atoms with Crippen molar-refractivity contribution in [1.29, 1.82) is 0 Å². The maximum absolute atomic E-state index is 11.8. The number of benzene rings is 1. The fourth-order valence-electron chi connectivity index (χ4n) is 2.05. The SMILES string of the molecule is CNS(=O)(=O)c1ccc(N(C)C(C)c2cccs2)cc1N. The highest BCUT2D eigenvalue weighted by molar-refractivity contribution is 7.89. The fourth-order valence-corrected chi connectivity index (χ4v) is 3.72. The predicted molar refractivity (Wildman–Crippen MR) is 88.2 cm³/mol. The molecule has 2 rings (SSSR count). The minimum Gasteiger partial charge on any atom is -0.398 e. The maximum atomic E-state index is 11.8. The van der Waals surface area contributed by atoms with Gasteiger partial charge < -0.3 is 10.6 Å². The molecule has 1 heterocycles. The topological polar surface area (TPSA) is 75.4 Å². The van der Waals surface area contributed by atoms with Gasteiger partial charge in [0.2, 0.25) is 10.0 Å². The standard InChI is InChI=1S/C14H19N3O2S2/c1-10(13-5-4-8-20-13)17(3)11-6-7-14(12(15)9-11)21(18,19)16-2/h4-10,16H,15H2,1-3H3. The molecule has 0 aliphatic rings. The average Bonchev–Trinajstić information content (AvgIpc) is 2.99. The van der Waals surface area contributed by atoms with Crippen LogP contribution in [0, 0.1) is 0 Å². The number of hydrogen-bond donors (Lipinski definition) is 2. The van der Waals surface area contributed by atoms with Gasteiger partial charge >= 0.3 is 0 Å². The summed E-state index contributed by atoms with van der Waals surface area (Å²) in [6, 6.07) is 9.28. The minimum absolute atomic E-state index is 0.103. The zero-order chi connectivity index (χ0) is 15.6. The van der Waals surface area contributed by atoms with Crippen LogP contribution in [-0.4, -0.2) is 22.5 Å². The molecule has 1 atom stereocenters. The number of rotatable bonds is 5. The van der Waals surface area contributed by atoms with Crippen molar-refractivity contribution in [2.45, 2.75) is 17.9 Å².